The van der Waals surface area contributed by atoms with Crippen molar-refractivity contribution in [3.05, 3.63) is 88.6 Å². The molecule has 1 N–H and O–H groups in total. The summed E-state index contributed by atoms with van der Waals surface area (Å²) in [6.45, 7) is 4.05. The Hall–Kier alpha value is -3.11. The van der Waals surface area contributed by atoms with Crippen molar-refractivity contribution in [2.24, 2.45) is 0 Å². The Labute approximate surface area is 162 Å². The minimum Gasteiger partial charge on any atom is -0.306 e. The first kappa shape index (κ1) is 17.3. The summed E-state index contributed by atoms with van der Waals surface area (Å²) in [4.78, 5) is 17.6. The number of rotatable bonds is 3. The maximum Gasteiger partial charge on any atom is 0.256 e. The van der Waals surface area contributed by atoms with E-state index >= 15 is 0 Å². The fourth-order valence-electron chi connectivity index (χ4n) is 3.08. The number of halogens is 1. The molecule has 0 bridgehead atoms. The lowest BCUT2D eigenvalue weighted by Gasteiger charge is -2.10. The third-order valence-electron chi connectivity index (χ3n) is 4.50. The topological polar surface area (TPSA) is 46.4 Å². The van der Waals surface area contributed by atoms with E-state index in [1.807, 2.05) is 60.8 Å². The Morgan fingerprint density at radius 2 is 1.74 bits per heavy atom. The minimum absolute atomic E-state index is 0.204. The molecule has 27 heavy (non-hydrogen) atoms. The van der Waals surface area contributed by atoms with Gasteiger partial charge in [-0.3, -0.25) is 9.20 Å². The molecule has 0 fully saturated rings. The van der Waals surface area contributed by atoms with Gasteiger partial charge in [0.2, 0.25) is 0 Å². The molecule has 1 amide bonds. The number of aromatic nitrogens is 2. The Bertz CT molecular complexity index is 1150. The van der Waals surface area contributed by atoms with E-state index < -0.39 is 0 Å². The van der Waals surface area contributed by atoms with Gasteiger partial charge in [-0.25, -0.2) is 4.98 Å². The van der Waals surface area contributed by atoms with Crippen LogP contribution >= 0.6 is 11.6 Å². The number of nitrogens with zero attached hydrogens (tertiary/aromatic N) is 2. The molecule has 4 aromatic rings. The van der Waals surface area contributed by atoms with E-state index in [1.54, 1.807) is 24.3 Å². The van der Waals surface area contributed by atoms with Crippen LogP contribution in [0.2, 0.25) is 5.02 Å². The Kier molecular flexibility index (Phi) is 4.42. The second-order valence-corrected chi connectivity index (χ2v) is 6.96. The number of anilines is 1. The number of amides is 1. The summed E-state index contributed by atoms with van der Waals surface area (Å²) < 4.78 is 1.92. The van der Waals surface area contributed by atoms with Gasteiger partial charge in [0.1, 0.15) is 17.2 Å². The van der Waals surface area contributed by atoms with E-state index in [2.05, 4.69) is 5.32 Å². The smallest absolute Gasteiger partial charge is 0.256 e. The molecule has 5 heteroatoms. The van der Waals surface area contributed by atoms with Crippen molar-refractivity contribution in [2.45, 2.75) is 13.8 Å². The van der Waals surface area contributed by atoms with Crippen LogP contribution in [0.4, 0.5) is 5.82 Å². The molecule has 0 aliphatic heterocycles. The van der Waals surface area contributed by atoms with Gasteiger partial charge in [-0.2, -0.15) is 0 Å². The first-order chi connectivity index (χ1) is 13.0. The van der Waals surface area contributed by atoms with Crippen LogP contribution in [0, 0.1) is 13.8 Å². The van der Waals surface area contributed by atoms with Crippen molar-refractivity contribution in [1.29, 1.82) is 0 Å². The van der Waals surface area contributed by atoms with Crippen molar-refractivity contribution in [3.8, 4) is 11.3 Å². The number of imidazole rings is 1. The molecule has 0 atom stereocenters. The van der Waals surface area contributed by atoms with Crippen molar-refractivity contribution in [1.82, 2.24) is 9.38 Å². The molecule has 2 aromatic heterocycles. The number of carbonyl (C=O) groups is 1. The molecule has 0 unspecified atom stereocenters. The van der Waals surface area contributed by atoms with E-state index in [-0.39, 0.29) is 5.91 Å². The first-order valence-corrected chi connectivity index (χ1v) is 9.02. The van der Waals surface area contributed by atoms with Crippen LogP contribution in [-0.2, 0) is 0 Å². The second kappa shape index (κ2) is 6.89. The summed E-state index contributed by atoms with van der Waals surface area (Å²) in [6, 6.07) is 18.8. The molecule has 4 rings (SSSR count). The first-order valence-electron chi connectivity index (χ1n) is 8.64. The summed E-state index contributed by atoms with van der Waals surface area (Å²) in [5, 5.41) is 3.64. The van der Waals surface area contributed by atoms with Crippen LogP contribution in [0.3, 0.4) is 0 Å². The molecule has 4 nitrogen and oxygen atoms in total. The lowest BCUT2D eigenvalue weighted by atomic mass is 10.1. The molecule has 0 spiro atoms. The van der Waals surface area contributed by atoms with Crippen molar-refractivity contribution in [2.75, 3.05) is 5.32 Å². The molecule has 0 aliphatic rings. The molecular formula is C22H18ClN3O. The van der Waals surface area contributed by atoms with Gasteiger partial charge in [0.05, 0.1) is 0 Å². The zero-order chi connectivity index (χ0) is 19.0. The largest absolute Gasteiger partial charge is 0.306 e. The summed E-state index contributed by atoms with van der Waals surface area (Å²) >= 11 is 5.93. The van der Waals surface area contributed by atoms with E-state index in [0.29, 0.717) is 16.4 Å². The predicted molar refractivity (Wildman–Crippen MR) is 110 cm³/mol. The number of hydrogen-bond donors (Lipinski definition) is 1. The summed E-state index contributed by atoms with van der Waals surface area (Å²) in [7, 11) is 0. The number of carbonyl (C=O) groups excluding carboxylic acids is 1. The van der Waals surface area contributed by atoms with Gasteiger partial charge >= 0.3 is 0 Å². The van der Waals surface area contributed by atoms with Gasteiger partial charge in [-0.15, -0.1) is 0 Å². The lowest BCUT2D eigenvalue weighted by Crippen LogP contribution is -2.14. The zero-order valence-corrected chi connectivity index (χ0v) is 15.8. The summed E-state index contributed by atoms with van der Waals surface area (Å²) in [6.07, 6.45) is 1.97. The monoisotopic (exact) mass is 375 g/mol. The second-order valence-electron chi connectivity index (χ2n) is 6.52. The third-order valence-corrected chi connectivity index (χ3v) is 4.76. The van der Waals surface area contributed by atoms with Gasteiger partial charge in [0.25, 0.3) is 5.91 Å². The van der Waals surface area contributed by atoms with Gasteiger partial charge < -0.3 is 5.32 Å². The van der Waals surface area contributed by atoms with Gasteiger partial charge in [-0.05, 0) is 55.3 Å². The zero-order valence-electron chi connectivity index (χ0n) is 15.0. The predicted octanol–water partition coefficient (Wildman–Crippen LogP) is 5.52. The molecule has 2 aromatic carbocycles. The average molecular weight is 376 g/mol. The standard InChI is InChI=1S/C22H18ClN3O/c1-14-7-12-19-24-20(18-6-4-3-5-15(18)2)21(26(19)13-14)25-22(27)16-8-10-17(23)11-9-16/h3-13H,1-2H3,(H,25,27). The van der Waals surface area contributed by atoms with Gasteiger partial charge in [0.15, 0.2) is 0 Å². The highest BCUT2D eigenvalue weighted by Gasteiger charge is 2.18. The van der Waals surface area contributed by atoms with E-state index in [9.17, 15) is 4.79 Å². The fraction of sp³-hybridized carbons (Fsp3) is 0.0909. The highest BCUT2D eigenvalue weighted by Crippen LogP contribution is 2.31. The molecule has 134 valence electrons. The average Bonchev–Trinajstić information content (AvgIpc) is 3.00. The molecule has 0 saturated carbocycles. The van der Waals surface area contributed by atoms with Crippen molar-refractivity contribution < 1.29 is 4.79 Å². The van der Waals surface area contributed by atoms with E-state index in [0.717, 1.165) is 28.0 Å². The van der Waals surface area contributed by atoms with E-state index in [1.165, 1.54) is 0 Å². The Balaban J connectivity index is 1.86. The van der Waals surface area contributed by atoms with Gasteiger partial charge in [0, 0.05) is 22.3 Å². The molecule has 0 aliphatic carbocycles. The maximum absolute atomic E-state index is 12.8. The Morgan fingerprint density at radius 1 is 1.00 bits per heavy atom. The van der Waals surface area contributed by atoms with Crippen LogP contribution in [0.25, 0.3) is 16.9 Å². The van der Waals surface area contributed by atoms with Crippen LogP contribution in [0.1, 0.15) is 21.5 Å². The molecular weight excluding hydrogens is 358 g/mol. The van der Waals surface area contributed by atoms with Gasteiger partial charge in [-0.1, -0.05) is 41.9 Å². The summed E-state index contributed by atoms with van der Waals surface area (Å²) in [5.41, 5.74) is 5.24. The Morgan fingerprint density at radius 3 is 2.48 bits per heavy atom. The van der Waals surface area contributed by atoms with Crippen LogP contribution in [0.15, 0.2) is 66.9 Å². The number of aryl methyl sites for hydroxylation is 2. The third kappa shape index (κ3) is 3.32. The number of hydrogen-bond acceptors (Lipinski definition) is 2. The number of nitrogens with one attached hydrogen (secondary N) is 1. The van der Waals surface area contributed by atoms with Crippen LogP contribution < -0.4 is 5.32 Å². The SMILES string of the molecule is Cc1ccc2nc(-c3ccccc3C)c(NC(=O)c3ccc(Cl)cc3)n2c1. The number of pyridine rings is 1. The molecule has 2 heterocycles. The quantitative estimate of drug-likeness (QED) is 0.512. The number of fused-ring (bicyclic) bond motifs is 1. The van der Waals surface area contributed by atoms with Crippen molar-refractivity contribution >= 4 is 29.0 Å². The van der Waals surface area contributed by atoms with E-state index in [4.69, 9.17) is 16.6 Å². The summed E-state index contributed by atoms with van der Waals surface area (Å²) in [5.74, 6) is 0.452. The number of benzene rings is 2. The highest BCUT2D eigenvalue weighted by molar-refractivity contribution is 6.30. The fourth-order valence-corrected chi connectivity index (χ4v) is 3.20. The minimum atomic E-state index is -0.204. The molecule has 0 saturated heterocycles. The molecule has 0 radical (unpaired) electrons. The normalized spacial score (nSPS) is 10.9. The van der Waals surface area contributed by atoms with Crippen LogP contribution in [-0.4, -0.2) is 15.3 Å². The van der Waals surface area contributed by atoms with Crippen molar-refractivity contribution in [3.63, 3.8) is 0 Å². The van der Waals surface area contributed by atoms with Crippen LogP contribution in [0.5, 0.6) is 0 Å². The maximum atomic E-state index is 12.8. The highest BCUT2D eigenvalue weighted by atomic mass is 35.5. The lowest BCUT2D eigenvalue weighted by molar-refractivity contribution is 0.102.